The van der Waals surface area contributed by atoms with Crippen molar-refractivity contribution in [1.82, 2.24) is 24.6 Å². The number of nitrogens with zero attached hydrogens (tertiary/aromatic N) is 7. The van der Waals surface area contributed by atoms with E-state index in [0.29, 0.717) is 63.1 Å². The molecule has 9 N–H and O–H groups in total. The number of aliphatic imine (C=N–C) groups is 2. The molecule has 15 heteroatoms. The van der Waals surface area contributed by atoms with Crippen LogP contribution in [0.2, 0.25) is 0 Å². The molecule has 0 radical (unpaired) electrons. The highest BCUT2D eigenvalue weighted by molar-refractivity contribution is 6.10. The molecular formula is C42H44N11O4+. The lowest BCUT2D eigenvalue weighted by Gasteiger charge is -2.20. The summed E-state index contributed by atoms with van der Waals surface area (Å²) in [6.07, 6.45) is 2.62. The van der Waals surface area contributed by atoms with Gasteiger partial charge in [-0.3, -0.25) is 10.4 Å². The summed E-state index contributed by atoms with van der Waals surface area (Å²) >= 11 is 0. The summed E-state index contributed by atoms with van der Waals surface area (Å²) in [6, 6.07) is 19.4. The normalized spacial score (nSPS) is 21.3. The van der Waals surface area contributed by atoms with Crippen molar-refractivity contribution in [3.8, 4) is 22.8 Å². The Bertz CT molecular complexity index is 2700. The van der Waals surface area contributed by atoms with E-state index in [4.69, 9.17) is 51.4 Å². The summed E-state index contributed by atoms with van der Waals surface area (Å²) in [7, 11) is 3.16. The van der Waals surface area contributed by atoms with Crippen molar-refractivity contribution in [3.63, 3.8) is 0 Å². The molecule has 2 saturated carbocycles. The van der Waals surface area contributed by atoms with Crippen LogP contribution in [0.25, 0.3) is 27.8 Å². The van der Waals surface area contributed by atoms with E-state index >= 15 is 0 Å². The lowest BCUT2D eigenvalue weighted by atomic mass is 9.93. The molecule has 290 valence electrons. The molecule has 0 spiro atoms. The monoisotopic (exact) mass is 766 g/mol. The number of aromatic nitrogens is 5. The van der Waals surface area contributed by atoms with Crippen molar-refractivity contribution in [3.05, 3.63) is 101 Å². The van der Waals surface area contributed by atoms with Crippen LogP contribution in [-0.4, -0.2) is 66.6 Å². The topological polar surface area (TPSA) is 232 Å². The molecule has 9 rings (SSSR count). The Balaban J connectivity index is 1.10. The summed E-state index contributed by atoms with van der Waals surface area (Å²) in [6.45, 7) is 5.23. The highest BCUT2D eigenvalue weighted by atomic mass is 16.5. The first-order valence-corrected chi connectivity index (χ1v) is 18.9. The van der Waals surface area contributed by atoms with Gasteiger partial charge in [0.2, 0.25) is 11.8 Å². The first-order valence-electron chi connectivity index (χ1n) is 18.9. The lowest BCUT2D eigenvalue weighted by Crippen LogP contribution is -2.95. The molecule has 4 unspecified atom stereocenters. The number of nitrogens with one attached hydrogen (secondary N) is 1. The second kappa shape index (κ2) is 13.4. The Hall–Kier alpha value is -6.29. The number of fused-ring (bicyclic) bond motifs is 4. The predicted octanol–water partition coefficient (Wildman–Crippen LogP) is 4.54. The zero-order valence-electron chi connectivity index (χ0n) is 32.2. The molecule has 57 heavy (non-hydrogen) atoms. The Morgan fingerprint density at radius 2 is 1.77 bits per heavy atom. The number of anilines is 1. The van der Waals surface area contributed by atoms with Gasteiger partial charge in [-0.25, -0.2) is 15.3 Å². The lowest BCUT2D eigenvalue weighted by molar-refractivity contribution is -0.409. The van der Waals surface area contributed by atoms with E-state index in [1.165, 1.54) is 0 Å². The highest BCUT2D eigenvalue weighted by Crippen LogP contribution is 2.55. The van der Waals surface area contributed by atoms with Crippen molar-refractivity contribution < 1.29 is 25.0 Å². The summed E-state index contributed by atoms with van der Waals surface area (Å²) in [4.78, 5) is 24.0. The SMILES string of the molecule is COc1cccc2c1N=C(N)[NH2+]C2=NC(=N)C1CC1c1cc(C(C)(C)O)cnc1-c1cc(OC)c2nc(N)n3nc(C4CC4c4ccccc4[C@H](C)O)nc3c2c1. The number of methoxy groups -OCH3 is 2. The number of hydrogen-bond acceptors (Lipinski definition) is 12. The summed E-state index contributed by atoms with van der Waals surface area (Å²) in [5, 5.41) is 37.9. The van der Waals surface area contributed by atoms with Gasteiger partial charge in [0.15, 0.2) is 11.5 Å². The van der Waals surface area contributed by atoms with Gasteiger partial charge in [0.05, 0.1) is 37.2 Å². The van der Waals surface area contributed by atoms with Crippen LogP contribution < -0.4 is 26.3 Å². The number of nitrogen functional groups attached to an aromatic ring is 1. The Morgan fingerprint density at radius 3 is 2.53 bits per heavy atom. The number of para-hydroxylation sites is 1. The average Bonchev–Trinajstić information content (AvgIpc) is 4.12. The van der Waals surface area contributed by atoms with Crippen molar-refractivity contribution >= 4 is 45.8 Å². The van der Waals surface area contributed by atoms with Gasteiger partial charge in [0.1, 0.15) is 28.5 Å². The fraction of sp³-hybridized carbons (Fsp3) is 0.310. The Morgan fingerprint density at radius 1 is 0.982 bits per heavy atom. The maximum absolute atomic E-state index is 11.1. The minimum Gasteiger partial charge on any atom is -0.494 e. The van der Waals surface area contributed by atoms with Crippen LogP contribution in [0, 0.1) is 11.3 Å². The van der Waals surface area contributed by atoms with Crippen LogP contribution in [0.5, 0.6) is 11.5 Å². The van der Waals surface area contributed by atoms with E-state index in [-0.39, 0.29) is 41.4 Å². The van der Waals surface area contributed by atoms with Gasteiger partial charge in [0, 0.05) is 34.5 Å². The number of amidine groups is 2. The molecule has 2 aliphatic carbocycles. The number of quaternary nitrogens is 1. The molecule has 4 heterocycles. The van der Waals surface area contributed by atoms with E-state index in [1.807, 2.05) is 54.6 Å². The quantitative estimate of drug-likeness (QED) is 0.0888. The molecule has 0 amide bonds. The Labute approximate surface area is 328 Å². The number of pyridine rings is 1. The summed E-state index contributed by atoms with van der Waals surface area (Å²) in [5.74, 6) is 2.85. The number of nitrogens with two attached hydrogens (primary N) is 3. The van der Waals surface area contributed by atoms with E-state index in [1.54, 1.807) is 51.0 Å². The predicted molar refractivity (Wildman–Crippen MR) is 216 cm³/mol. The van der Waals surface area contributed by atoms with Crippen LogP contribution in [0.15, 0.2) is 76.8 Å². The molecule has 5 atom stereocenters. The molecule has 2 fully saturated rings. The number of hydrogen-bond donors (Lipinski definition) is 6. The molecule has 0 saturated heterocycles. The van der Waals surface area contributed by atoms with Crippen LogP contribution in [0.3, 0.4) is 0 Å². The molecule has 1 aliphatic heterocycles. The summed E-state index contributed by atoms with van der Waals surface area (Å²) in [5.41, 5.74) is 18.9. The van der Waals surface area contributed by atoms with E-state index in [0.717, 1.165) is 34.2 Å². The minimum atomic E-state index is -1.15. The number of aliphatic hydroxyl groups is 2. The van der Waals surface area contributed by atoms with Gasteiger partial charge in [-0.2, -0.15) is 14.5 Å². The fourth-order valence-electron chi connectivity index (χ4n) is 8.09. The van der Waals surface area contributed by atoms with Crippen molar-refractivity contribution in [1.29, 1.82) is 5.41 Å². The van der Waals surface area contributed by atoms with Crippen LogP contribution in [-0.2, 0) is 5.60 Å². The van der Waals surface area contributed by atoms with Gasteiger partial charge in [-0.15, -0.1) is 5.10 Å². The van der Waals surface area contributed by atoms with E-state index in [9.17, 15) is 10.2 Å². The van der Waals surface area contributed by atoms with Gasteiger partial charge >= 0.3 is 5.96 Å². The maximum Gasteiger partial charge on any atom is 0.303 e. The average molecular weight is 767 g/mol. The number of aliphatic hydroxyl groups excluding tert-OH is 1. The van der Waals surface area contributed by atoms with Crippen LogP contribution in [0.4, 0.5) is 11.6 Å². The minimum absolute atomic E-state index is 0.0584. The summed E-state index contributed by atoms with van der Waals surface area (Å²) < 4.78 is 13.0. The van der Waals surface area contributed by atoms with Crippen molar-refractivity contribution in [2.75, 3.05) is 20.0 Å². The second-order valence-corrected chi connectivity index (χ2v) is 15.6. The third kappa shape index (κ3) is 6.33. The van der Waals surface area contributed by atoms with Gasteiger partial charge in [-0.1, -0.05) is 30.3 Å². The molecule has 0 bridgehead atoms. The van der Waals surface area contributed by atoms with E-state index in [2.05, 4.69) is 11.1 Å². The maximum atomic E-state index is 11.1. The number of rotatable bonds is 9. The smallest absolute Gasteiger partial charge is 0.303 e. The molecule has 6 aromatic rings. The largest absolute Gasteiger partial charge is 0.494 e. The zero-order chi connectivity index (χ0) is 39.9. The molecule has 3 aromatic carbocycles. The first-order chi connectivity index (χ1) is 27.3. The van der Waals surface area contributed by atoms with Gasteiger partial charge in [-0.05, 0) is 92.5 Å². The zero-order valence-corrected chi connectivity index (χ0v) is 32.2. The van der Waals surface area contributed by atoms with Crippen LogP contribution >= 0.6 is 0 Å². The standard InChI is InChI=1S/C42H43N11O4/c1-19(54)22-9-6-7-10-23(22)25-17-29(25)38-50-39-30-13-20(14-32(57-5)35(30)48-41(45)53(39)52-38)33-27(15-21(18-46-33)42(2,3)55)26-16-28(26)36(43)49-37-24-11-8-12-31(56-4)34(24)47-40(44)51-37/h6-15,18-19,25-26,28-29,54-55H,16-17H2,1-5H3,(H2,45,48)(H4,43,44,47,49,51)/p+1/t19-,25?,26?,28?,29?/m0/s1. The second-order valence-electron chi connectivity index (χ2n) is 15.6. The van der Waals surface area contributed by atoms with Crippen molar-refractivity contribution in [2.45, 2.75) is 63.1 Å². The third-order valence-corrected chi connectivity index (χ3v) is 11.3. The van der Waals surface area contributed by atoms with E-state index < -0.39 is 11.7 Å². The Kier molecular flexibility index (Phi) is 8.57. The fourth-order valence-corrected chi connectivity index (χ4v) is 8.09. The van der Waals surface area contributed by atoms with Crippen LogP contribution in [0.1, 0.15) is 91.1 Å². The number of guanidine groups is 1. The molecule has 15 nitrogen and oxygen atoms in total. The molecular weight excluding hydrogens is 723 g/mol. The number of ether oxygens (including phenoxy) is 2. The molecule has 3 aliphatic rings. The molecule has 3 aromatic heterocycles. The first kappa shape index (κ1) is 36.4. The number of benzene rings is 3. The van der Waals surface area contributed by atoms with Crippen molar-refractivity contribution in [2.24, 2.45) is 21.6 Å². The van der Waals surface area contributed by atoms with Gasteiger partial charge < -0.3 is 31.2 Å². The van der Waals surface area contributed by atoms with Gasteiger partial charge in [0.25, 0.3) is 0 Å². The highest BCUT2D eigenvalue weighted by Gasteiger charge is 2.46. The third-order valence-electron chi connectivity index (χ3n) is 11.3.